The van der Waals surface area contributed by atoms with Gasteiger partial charge < -0.3 is 14.2 Å². The smallest absolute Gasteiger partial charge is 0.157 e. The van der Waals surface area contributed by atoms with Crippen LogP contribution in [0.1, 0.15) is 57.8 Å². The first kappa shape index (κ1) is 14.8. The molecule has 2 aliphatic carbocycles. The molecule has 6 atom stereocenters. The van der Waals surface area contributed by atoms with Crippen molar-refractivity contribution in [1.29, 1.82) is 0 Å². The fourth-order valence-corrected chi connectivity index (χ4v) is 4.78. The molecule has 6 unspecified atom stereocenters. The second-order valence-electron chi connectivity index (χ2n) is 7.03. The van der Waals surface area contributed by atoms with Gasteiger partial charge in [0.2, 0.25) is 0 Å². The van der Waals surface area contributed by atoms with Gasteiger partial charge >= 0.3 is 0 Å². The van der Waals surface area contributed by atoms with Gasteiger partial charge in [-0.25, -0.2) is 0 Å². The Morgan fingerprint density at radius 1 is 0.700 bits per heavy atom. The molecule has 1 heterocycles. The number of hydrogen-bond acceptors (Lipinski definition) is 2. The van der Waals surface area contributed by atoms with Crippen LogP contribution in [0.4, 0.5) is 0 Å². The lowest BCUT2D eigenvalue weighted by Gasteiger charge is -2.42. The van der Waals surface area contributed by atoms with Gasteiger partial charge in [-0.15, -0.1) is 0 Å². The summed E-state index contributed by atoms with van der Waals surface area (Å²) in [4.78, 5) is 0. The summed E-state index contributed by atoms with van der Waals surface area (Å²) in [6.07, 6.45) is 13.7. The van der Waals surface area contributed by atoms with Gasteiger partial charge in [0.15, 0.2) is 12.2 Å². The van der Waals surface area contributed by atoms with E-state index in [4.69, 9.17) is 14.2 Å². The van der Waals surface area contributed by atoms with Crippen molar-refractivity contribution in [2.45, 2.75) is 82.2 Å². The summed E-state index contributed by atoms with van der Waals surface area (Å²) in [5.74, 6) is 1.64. The lowest BCUT2D eigenvalue weighted by molar-refractivity contribution is -0.245. The highest BCUT2D eigenvalue weighted by Gasteiger charge is 2.43. The summed E-state index contributed by atoms with van der Waals surface area (Å²) in [5.41, 5.74) is 0. The summed E-state index contributed by atoms with van der Waals surface area (Å²) >= 11 is 0. The van der Waals surface area contributed by atoms with Crippen LogP contribution in [0.15, 0.2) is 0 Å². The molecule has 1 saturated heterocycles. The van der Waals surface area contributed by atoms with E-state index >= 15 is 0 Å². The van der Waals surface area contributed by atoms with Crippen LogP contribution in [0.2, 0.25) is 0 Å². The van der Waals surface area contributed by atoms with Crippen LogP contribution in [-0.4, -0.2) is 43.4 Å². The number of fused-ring (bicyclic) bond motifs is 1. The van der Waals surface area contributed by atoms with Gasteiger partial charge in [0.05, 0.1) is 12.2 Å². The van der Waals surface area contributed by atoms with Gasteiger partial charge in [-0.1, -0.05) is 6.42 Å². The van der Waals surface area contributed by atoms with Crippen molar-refractivity contribution in [2.24, 2.45) is 11.8 Å². The molecule has 3 fully saturated rings. The standard InChI is InChI=1S/C17H30O3/c1-18-16-10-8-13(11-17(16)19-2)15-9-7-12-5-3-4-6-14(12)20-15/h12-17H,3-11H2,1-2H3/p+1. The van der Waals surface area contributed by atoms with E-state index in [1.807, 2.05) is 14.2 Å². The van der Waals surface area contributed by atoms with Crippen molar-refractivity contribution in [3.63, 3.8) is 0 Å². The molecule has 20 heavy (non-hydrogen) atoms. The highest BCUT2D eigenvalue weighted by Crippen LogP contribution is 2.40. The lowest BCUT2D eigenvalue weighted by atomic mass is 9.75. The summed E-state index contributed by atoms with van der Waals surface area (Å²) in [7, 11) is 3.64. The van der Waals surface area contributed by atoms with E-state index in [1.54, 1.807) is 0 Å². The molecule has 0 aromatic heterocycles. The number of methoxy groups -OCH3 is 2. The first-order valence-electron chi connectivity index (χ1n) is 8.57. The highest BCUT2D eigenvalue weighted by atomic mass is 16.5. The predicted octanol–water partition coefficient (Wildman–Crippen LogP) is 3.07. The molecule has 1 aliphatic heterocycles. The lowest BCUT2D eigenvalue weighted by Crippen LogP contribution is -2.47. The first-order valence-corrected chi connectivity index (χ1v) is 8.57. The zero-order chi connectivity index (χ0) is 13.9. The minimum Gasteiger partial charge on any atom is -0.429 e. The van der Waals surface area contributed by atoms with Crippen molar-refractivity contribution in [1.82, 2.24) is 0 Å². The highest BCUT2D eigenvalue weighted by molar-refractivity contribution is 4.89. The Balaban J connectivity index is 1.57. The van der Waals surface area contributed by atoms with Crippen LogP contribution < -0.4 is 0 Å². The van der Waals surface area contributed by atoms with Crippen molar-refractivity contribution in [3.8, 4) is 0 Å². The SMILES string of the molecule is COC1CCC(C2CCC3CCCCC3[OH+]2)CC1OC. The van der Waals surface area contributed by atoms with Crippen molar-refractivity contribution < 1.29 is 14.2 Å². The van der Waals surface area contributed by atoms with Gasteiger partial charge in [0, 0.05) is 38.9 Å². The van der Waals surface area contributed by atoms with Crippen LogP contribution in [0.5, 0.6) is 0 Å². The largest absolute Gasteiger partial charge is 0.429 e. The average molecular weight is 283 g/mol. The maximum atomic E-state index is 5.66. The Kier molecular flexibility index (Phi) is 5.00. The van der Waals surface area contributed by atoms with Crippen LogP contribution >= 0.6 is 0 Å². The maximum Gasteiger partial charge on any atom is 0.157 e. The molecular formula is C17H31O3+. The molecule has 0 radical (unpaired) electrons. The Morgan fingerprint density at radius 3 is 2.20 bits per heavy atom. The minimum atomic E-state index is 0.276. The molecule has 2 saturated carbocycles. The summed E-state index contributed by atoms with van der Waals surface area (Å²) in [6.45, 7) is 0. The van der Waals surface area contributed by atoms with E-state index in [1.165, 1.54) is 44.9 Å². The van der Waals surface area contributed by atoms with E-state index in [9.17, 15) is 0 Å². The number of rotatable bonds is 3. The average Bonchev–Trinajstić information content (AvgIpc) is 2.53. The second kappa shape index (κ2) is 6.76. The fraction of sp³-hybridized carbons (Fsp3) is 1.00. The zero-order valence-corrected chi connectivity index (χ0v) is 13.1. The summed E-state index contributed by atoms with van der Waals surface area (Å²) in [5, 5.41) is 0. The van der Waals surface area contributed by atoms with Gasteiger partial charge in [0.25, 0.3) is 0 Å². The van der Waals surface area contributed by atoms with E-state index < -0.39 is 0 Å². The number of hydrogen-bond donors (Lipinski definition) is 0. The third-order valence-corrected chi connectivity index (χ3v) is 6.01. The van der Waals surface area contributed by atoms with E-state index in [0.29, 0.717) is 18.3 Å². The van der Waals surface area contributed by atoms with Crippen LogP contribution in [-0.2, 0) is 9.47 Å². The quantitative estimate of drug-likeness (QED) is 0.745. The van der Waals surface area contributed by atoms with E-state index in [-0.39, 0.29) is 6.10 Å². The predicted molar refractivity (Wildman–Crippen MR) is 79.9 cm³/mol. The van der Waals surface area contributed by atoms with Gasteiger partial charge in [0.1, 0.15) is 0 Å². The summed E-state index contributed by atoms with van der Waals surface area (Å²) in [6, 6.07) is 0. The van der Waals surface area contributed by atoms with Crippen LogP contribution in [0.3, 0.4) is 0 Å². The topological polar surface area (TPSA) is 31.3 Å². The number of ether oxygens (including phenoxy) is 3. The Morgan fingerprint density at radius 2 is 1.40 bits per heavy atom. The second-order valence-corrected chi connectivity index (χ2v) is 7.03. The molecule has 3 nitrogen and oxygen atoms in total. The minimum absolute atomic E-state index is 0.276. The Hall–Kier alpha value is -0.120. The monoisotopic (exact) mass is 283 g/mol. The third kappa shape index (κ3) is 3.05. The molecular weight excluding hydrogens is 252 g/mol. The van der Waals surface area contributed by atoms with Crippen molar-refractivity contribution in [2.75, 3.05) is 14.2 Å². The van der Waals surface area contributed by atoms with Crippen LogP contribution in [0.25, 0.3) is 0 Å². The molecule has 0 aromatic carbocycles. The Bertz CT molecular complexity index is 291. The first-order chi connectivity index (χ1) is 9.81. The van der Waals surface area contributed by atoms with Gasteiger partial charge in [-0.3, -0.25) is 0 Å². The van der Waals surface area contributed by atoms with Crippen molar-refractivity contribution in [3.05, 3.63) is 0 Å². The molecule has 1 N–H and O–H groups in total. The molecule has 0 bridgehead atoms. The molecule has 0 aromatic rings. The molecule has 0 spiro atoms. The van der Waals surface area contributed by atoms with Gasteiger partial charge in [-0.05, 0) is 38.5 Å². The zero-order valence-electron chi connectivity index (χ0n) is 13.1. The van der Waals surface area contributed by atoms with Crippen LogP contribution in [0, 0.1) is 11.8 Å². The molecule has 0 amide bonds. The molecule has 3 rings (SSSR count). The van der Waals surface area contributed by atoms with E-state index in [0.717, 1.165) is 24.7 Å². The van der Waals surface area contributed by atoms with Gasteiger partial charge in [-0.2, -0.15) is 0 Å². The fourth-order valence-electron chi connectivity index (χ4n) is 4.78. The maximum absolute atomic E-state index is 5.66. The van der Waals surface area contributed by atoms with E-state index in [2.05, 4.69) is 0 Å². The van der Waals surface area contributed by atoms with Crippen molar-refractivity contribution >= 4 is 0 Å². The normalized spacial score (nSPS) is 45.9. The Labute approximate surface area is 123 Å². The number of aliphatic hydroxyl groups is 2. The molecule has 3 aliphatic rings. The summed E-state index contributed by atoms with van der Waals surface area (Å²) < 4.78 is 16.5. The molecule has 3 heteroatoms. The molecule has 116 valence electrons. The third-order valence-electron chi connectivity index (χ3n) is 6.01.